The maximum absolute atomic E-state index is 5.76. The van der Waals surface area contributed by atoms with Gasteiger partial charge in [0.05, 0.1) is 20.5 Å². The minimum Gasteiger partial charge on any atom is -0.379 e. The van der Waals surface area contributed by atoms with Gasteiger partial charge >= 0.3 is 0 Å². The van der Waals surface area contributed by atoms with E-state index in [9.17, 15) is 0 Å². The van der Waals surface area contributed by atoms with Crippen LogP contribution in [0, 0.1) is 0 Å². The van der Waals surface area contributed by atoms with E-state index >= 15 is 0 Å². The highest BCUT2D eigenvalue weighted by molar-refractivity contribution is 6.25. The van der Waals surface area contributed by atoms with Crippen molar-refractivity contribution in [3.05, 3.63) is 0 Å². The normalized spacial score (nSPS) is 41.8. The van der Waals surface area contributed by atoms with Crippen LogP contribution in [0.15, 0.2) is 4.99 Å². The van der Waals surface area contributed by atoms with E-state index < -0.39 is 0 Å². The SMILES string of the molecule is [B]C1(C)C=NC[C@H]1OC. The predicted molar refractivity (Wildman–Crippen MR) is 38.3 cm³/mol. The molecule has 0 bridgehead atoms. The molecular formula is C6H10BNO. The number of rotatable bonds is 1. The highest BCUT2D eigenvalue weighted by atomic mass is 16.5. The second-order valence-electron chi connectivity index (χ2n) is 2.58. The molecule has 2 atom stereocenters. The van der Waals surface area contributed by atoms with Crippen LogP contribution < -0.4 is 0 Å². The third-order valence-electron chi connectivity index (χ3n) is 1.62. The van der Waals surface area contributed by atoms with Gasteiger partial charge < -0.3 is 4.74 Å². The lowest BCUT2D eigenvalue weighted by atomic mass is 9.69. The van der Waals surface area contributed by atoms with Crippen LogP contribution in [0.5, 0.6) is 0 Å². The number of hydrogen-bond acceptors (Lipinski definition) is 2. The van der Waals surface area contributed by atoms with Crippen molar-refractivity contribution in [1.82, 2.24) is 0 Å². The first-order valence-corrected chi connectivity index (χ1v) is 2.99. The zero-order valence-electron chi connectivity index (χ0n) is 5.79. The molecule has 0 saturated carbocycles. The molecule has 0 aromatic carbocycles. The molecule has 1 aliphatic heterocycles. The summed E-state index contributed by atoms with van der Waals surface area (Å²) in [6.07, 6.45) is 1.82. The fourth-order valence-electron chi connectivity index (χ4n) is 0.953. The molecule has 0 aromatic heterocycles. The van der Waals surface area contributed by atoms with Crippen LogP contribution in [0.25, 0.3) is 0 Å². The Hall–Kier alpha value is -0.305. The first-order valence-electron chi connectivity index (χ1n) is 2.99. The van der Waals surface area contributed by atoms with Gasteiger partial charge in [0.2, 0.25) is 0 Å². The Labute approximate surface area is 56.7 Å². The smallest absolute Gasteiger partial charge is 0.0856 e. The fourth-order valence-corrected chi connectivity index (χ4v) is 0.953. The van der Waals surface area contributed by atoms with Gasteiger partial charge in [0.25, 0.3) is 0 Å². The quantitative estimate of drug-likeness (QED) is 0.463. The summed E-state index contributed by atoms with van der Waals surface area (Å²) < 4.78 is 5.08. The zero-order chi connectivity index (χ0) is 6.91. The summed E-state index contributed by atoms with van der Waals surface area (Å²) in [4.78, 5) is 4.01. The summed E-state index contributed by atoms with van der Waals surface area (Å²) >= 11 is 0. The van der Waals surface area contributed by atoms with Crippen molar-refractivity contribution >= 4 is 14.1 Å². The molecule has 2 nitrogen and oxygen atoms in total. The summed E-state index contributed by atoms with van der Waals surface area (Å²) in [5.41, 5.74) is 0. The van der Waals surface area contributed by atoms with Gasteiger partial charge in [-0.05, 0) is 11.5 Å². The third-order valence-corrected chi connectivity index (χ3v) is 1.62. The van der Waals surface area contributed by atoms with Gasteiger partial charge in [-0.3, -0.25) is 4.99 Å². The average Bonchev–Trinajstić information content (AvgIpc) is 2.08. The number of nitrogens with zero attached hydrogens (tertiary/aromatic N) is 1. The lowest BCUT2D eigenvalue weighted by Gasteiger charge is -2.22. The first-order chi connectivity index (χ1) is 4.17. The van der Waals surface area contributed by atoms with E-state index in [1.165, 1.54) is 0 Å². The van der Waals surface area contributed by atoms with E-state index in [2.05, 4.69) is 4.99 Å². The average molecular weight is 123 g/mol. The Morgan fingerprint density at radius 1 is 1.89 bits per heavy atom. The second kappa shape index (κ2) is 2.14. The Morgan fingerprint density at radius 2 is 2.56 bits per heavy atom. The minimum atomic E-state index is -0.352. The van der Waals surface area contributed by atoms with Crippen LogP contribution in [0.3, 0.4) is 0 Å². The van der Waals surface area contributed by atoms with Crippen molar-refractivity contribution in [2.45, 2.75) is 18.3 Å². The van der Waals surface area contributed by atoms with Crippen LogP contribution in [-0.2, 0) is 4.74 Å². The summed E-state index contributed by atoms with van der Waals surface area (Å²) in [7, 11) is 7.42. The maximum atomic E-state index is 5.76. The molecule has 9 heavy (non-hydrogen) atoms. The molecule has 1 heterocycles. The van der Waals surface area contributed by atoms with Crippen molar-refractivity contribution in [1.29, 1.82) is 0 Å². The van der Waals surface area contributed by atoms with E-state index in [1.807, 2.05) is 6.92 Å². The van der Waals surface area contributed by atoms with Crippen LogP contribution in [0.2, 0.25) is 5.31 Å². The van der Waals surface area contributed by atoms with Gasteiger partial charge in [-0.15, -0.1) is 0 Å². The van der Waals surface area contributed by atoms with Gasteiger partial charge in [-0.1, -0.05) is 6.92 Å². The number of aliphatic imine (C=N–C) groups is 1. The summed E-state index contributed by atoms with van der Waals surface area (Å²) in [5.74, 6) is 0. The highest BCUT2D eigenvalue weighted by Crippen LogP contribution is 2.29. The third kappa shape index (κ3) is 1.16. The van der Waals surface area contributed by atoms with Crippen LogP contribution in [0.4, 0.5) is 0 Å². The molecule has 0 spiro atoms. The standard InChI is InChI=1S/C6H10BNO/c1-6(7)4-8-3-5(6)9-2/h4-5H,3H2,1-2H3/t5-,6?/m1/s1. The number of hydrogen-bond donors (Lipinski definition) is 0. The van der Waals surface area contributed by atoms with Crippen LogP contribution in [0.1, 0.15) is 6.92 Å². The molecule has 1 unspecified atom stereocenters. The molecule has 0 aromatic rings. The summed E-state index contributed by atoms with van der Waals surface area (Å²) in [6, 6.07) is 0. The van der Waals surface area contributed by atoms with Gasteiger partial charge in [-0.2, -0.15) is 0 Å². The molecule has 1 rings (SSSR count). The first kappa shape index (κ1) is 6.81. The van der Waals surface area contributed by atoms with E-state index in [-0.39, 0.29) is 11.4 Å². The number of ether oxygens (including phenoxy) is 1. The second-order valence-corrected chi connectivity index (χ2v) is 2.58. The van der Waals surface area contributed by atoms with E-state index in [0.29, 0.717) is 6.54 Å². The maximum Gasteiger partial charge on any atom is 0.0856 e. The van der Waals surface area contributed by atoms with Gasteiger partial charge in [0.1, 0.15) is 0 Å². The summed E-state index contributed by atoms with van der Waals surface area (Å²) in [6.45, 7) is 2.61. The fraction of sp³-hybridized carbons (Fsp3) is 0.833. The largest absolute Gasteiger partial charge is 0.379 e. The van der Waals surface area contributed by atoms with Crippen LogP contribution in [-0.4, -0.2) is 33.8 Å². The molecule has 3 heteroatoms. The van der Waals surface area contributed by atoms with Crippen LogP contribution >= 0.6 is 0 Å². The van der Waals surface area contributed by atoms with Gasteiger partial charge in [0.15, 0.2) is 0 Å². The summed E-state index contributed by atoms with van der Waals surface area (Å²) in [5, 5.41) is -0.352. The monoisotopic (exact) mass is 123 g/mol. The zero-order valence-corrected chi connectivity index (χ0v) is 5.79. The van der Waals surface area contributed by atoms with E-state index in [1.54, 1.807) is 13.3 Å². The van der Waals surface area contributed by atoms with E-state index in [0.717, 1.165) is 0 Å². The van der Waals surface area contributed by atoms with Crippen molar-refractivity contribution in [3.63, 3.8) is 0 Å². The van der Waals surface area contributed by atoms with Crippen molar-refractivity contribution in [3.8, 4) is 0 Å². The Morgan fingerprint density at radius 3 is 2.78 bits per heavy atom. The van der Waals surface area contributed by atoms with Gasteiger partial charge in [-0.25, -0.2) is 0 Å². The molecule has 0 fully saturated rings. The molecule has 48 valence electrons. The Bertz CT molecular complexity index is 133. The van der Waals surface area contributed by atoms with Gasteiger partial charge in [0, 0.05) is 7.11 Å². The molecular weight excluding hydrogens is 113 g/mol. The van der Waals surface area contributed by atoms with Crippen molar-refractivity contribution in [2.75, 3.05) is 13.7 Å². The molecule has 1 aliphatic rings. The Kier molecular flexibility index (Phi) is 1.62. The molecule has 0 amide bonds. The molecule has 2 radical (unpaired) electrons. The molecule has 0 N–H and O–H groups in total. The number of methoxy groups -OCH3 is 1. The Balaban J connectivity index is 2.60. The van der Waals surface area contributed by atoms with Crippen molar-refractivity contribution < 1.29 is 4.74 Å². The molecule has 0 aliphatic carbocycles. The minimum absolute atomic E-state index is 0.0671. The lowest BCUT2D eigenvalue weighted by Crippen LogP contribution is -2.26. The topological polar surface area (TPSA) is 21.6 Å². The lowest BCUT2D eigenvalue weighted by molar-refractivity contribution is 0.102. The molecule has 0 saturated heterocycles. The van der Waals surface area contributed by atoms with Crippen molar-refractivity contribution in [2.24, 2.45) is 4.99 Å². The van der Waals surface area contributed by atoms with E-state index in [4.69, 9.17) is 12.6 Å². The highest BCUT2D eigenvalue weighted by Gasteiger charge is 2.30. The predicted octanol–water partition coefficient (Wildman–Crippen LogP) is 0.433.